The zero-order valence-corrected chi connectivity index (χ0v) is 18.5. The van der Waals surface area contributed by atoms with E-state index in [0.717, 1.165) is 5.56 Å². The highest BCUT2D eigenvalue weighted by Crippen LogP contribution is 2.27. The van der Waals surface area contributed by atoms with Crippen molar-refractivity contribution in [2.24, 2.45) is 0 Å². The van der Waals surface area contributed by atoms with Crippen molar-refractivity contribution in [1.29, 1.82) is 0 Å². The van der Waals surface area contributed by atoms with E-state index >= 15 is 0 Å². The van der Waals surface area contributed by atoms with Crippen molar-refractivity contribution in [2.45, 2.75) is 13.0 Å². The topological polar surface area (TPSA) is 68.3 Å². The number of rotatable bonds is 8. The molecule has 1 saturated heterocycles. The third-order valence-electron chi connectivity index (χ3n) is 5.15. The number of amides is 1. The Hall–Kier alpha value is -2.77. The average Bonchev–Trinajstić information content (AvgIpc) is 2.79. The number of carbonyl (C=O) groups is 2. The zero-order valence-electron chi connectivity index (χ0n) is 17.8. The third kappa shape index (κ3) is 5.89. The maximum Gasteiger partial charge on any atom is 0.328 e. The molecule has 1 unspecified atom stereocenters. The number of ether oxygens (including phenoxy) is 3. The van der Waals surface area contributed by atoms with E-state index in [2.05, 4.69) is 0 Å². The average molecular weight is 447 g/mol. The van der Waals surface area contributed by atoms with Crippen LogP contribution in [-0.4, -0.2) is 68.2 Å². The Balaban J connectivity index is 1.60. The first-order chi connectivity index (χ1) is 15.0. The standard InChI is InChI=1S/C23H27ClN2O5/c1-3-30-23(28)22(17-8-10-18(24)11-9-17)26-14-12-25(13-15-26)21(27)16-31-20-7-5-4-6-19(20)29-2/h4-11,22H,3,12-16H2,1-2H3. The van der Waals surface area contributed by atoms with Crippen LogP contribution in [-0.2, 0) is 14.3 Å². The van der Waals surface area contributed by atoms with Gasteiger partial charge in [0.25, 0.3) is 5.91 Å². The second kappa shape index (κ2) is 11.0. The van der Waals surface area contributed by atoms with E-state index in [1.807, 2.05) is 29.2 Å². The molecule has 3 rings (SSSR count). The van der Waals surface area contributed by atoms with Crippen LogP contribution in [0, 0.1) is 0 Å². The van der Waals surface area contributed by atoms with Gasteiger partial charge < -0.3 is 19.1 Å². The first-order valence-corrected chi connectivity index (χ1v) is 10.6. The fourth-order valence-electron chi connectivity index (χ4n) is 3.56. The summed E-state index contributed by atoms with van der Waals surface area (Å²) >= 11 is 6.00. The summed E-state index contributed by atoms with van der Waals surface area (Å²) in [7, 11) is 1.56. The van der Waals surface area contributed by atoms with E-state index in [4.69, 9.17) is 25.8 Å². The number of methoxy groups -OCH3 is 1. The number of hydrogen-bond acceptors (Lipinski definition) is 6. The lowest BCUT2D eigenvalue weighted by atomic mass is 10.0. The molecule has 1 heterocycles. The van der Waals surface area contributed by atoms with Crippen LogP contribution in [0.3, 0.4) is 0 Å². The smallest absolute Gasteiger partial charge is 0.328 e. The van der Waals surface area contributed by atoms with E-state index in [0.29, 0.717) is 49.3 Å². The fraction of sp³-hybridized carbons (Fsp3) is 0.391. The molecule has 1 aliphatic heterocycles. The predicted octanol–water partition coefficient (Wildman–Crippen LogP) is 3.18. The van der Waals surface area contributed by atoms with E-state index in [1.165, 1.54) is 0 Å². The zero-order chi connectivity index (χ0) is 22.2. The molecule has 0 N–H and O–H groups in total. The molecule has 1 atom stereocenters. The largest absolute Gasteiger partial charge is 0.493 e. The lowest BCUT2D eigenvalue weighted by molar-refractivity contribution is -0.151. The summed E-state index contributed by atoms with van der Waals surface area (Å²) in [5.41, 5.74) is 0.821. The van der Waals surface area contributed by atoms with Gasteiger partial charge in [0.1, 0.15) is 6.04 Å². The molecule has 8 heteroatoms. The summed E-state index contributed by atoms with van der Waals surface area (Å²) < 4.78 is 16.2. The van der Waals surface area contributed by atoms with Crippen LogP contribution >= 0.6 is 11.6 Å². The number of hydrogen-bond donors (Lipinski definition) is 0. The number of nitrogens with zero attached hydrogens (tertiary/aromatic N) is 2. The second-order valence-corrected chi connectivity index (χ2v) is 7.50. The molecule has 0 saturated carbocycles. The number of benzene rings is 2. The van der Waals surface area contributed by atoms with Gasteiger partial charge in [-0.1, -0.05) is 35.9 Å². The van der Waals surface area contributed by atoms with Crippen molar-refractivity contribution in [1.82, 2.24) is 9.80 Å². The quantitative estimate of drug-likeness (QED) is 0.580. The summed E-state index contributed by atoms with van der Waals surface area (Å²) in [6, 6.07) is 13.9. The van der Waals surface area contributed by atoms with Gasteiger partial charge in [-0.25, -0.2) is 4.79 Å². The molecule has 2 aromatic rings. The first-order valence-electron chi connectivity index (χ1n) is 10.2. The normalized spacial score (nSPS) is 15.3. The Kier molecular flexibility index (Phi) is 8.14. The summed E-state index contributed by atoms with van der Waals surface area (Å²) in [4.78, 5) is 29.1. The first kappa shape index (κ1) is 22.9. The molecule has 2 aromatic carbocycles. The van der Waals surface area contributed by atoms with Crippen molar-refractivity contribution < 1.29 is 23.8 Å². The lowest BCUT2D eigenvalue weighted by Crippen LogP contribution is -2.52. The lowest BCUT2D eigenvalue weighted by Gasteiger charge is -2.38. The molecule has 0 aliphatic carbocycles. The minimum absolute atomic E-state index is 0.0706. The van der Waals surface area contributed by atoms with Crippen LogP contribution in [0.15, 0.2) is 48.5 Å². The van der Waals surface area contributed by atoms with E-state index < -0.39 is 6.04 Å². The second-order valence-electron chi connectivity index (χ2n) is 7.06. The summed E-state index contributed by atoms with van der Waals surface area (Å²) in [6.07, 6.45) is 0. The van der Waals surface area contributed by atoms with Crippen LogP contribution in [0.25, 0.3) is 0 Å². The van der Waals surface area contributed by atoms with Crippen LogP contribution in [0.2, 0.25) is 5.02 Å². The van der Waals surface area contributed by atoms with Gasteiger partial charge in [0.15, 0.2) is 18.1 Å². The molecule has 1 aliphatic rings. The minimum atomic E-state index is -0.528. The Morgan fingerprint density at radius 3 is 2.26 bits per heavy atom. The molecule has 0 aromatic heterocycles. The van der Waals surface area contributed by atoms with Gasteiger partial charge in [-0.15, -0.1) is 0 Å². The Labute approximate surface area is 187 Å². The molecule has 0 radical (unpaired) electrons. The van der Waals surface area contributed by atoms with Crippen molar-refractivity contribution in [3.05, 3.63) is 59.1 Å². The number of para-hydroxylation sites is 2. The Morgan fingerprint density at radius 1 is 1.00 bits per heavy atom. The number of piperazine rings is 1. The molecule has 7 nitrogen and oxygen atoms in total. The van der Waals surface area contributed by atoms with Gasteiger partial charge in [0.2, 0.25) is 0 Å². The number of halogens is 1. The van der Waals surface area contributed by atoms with Gasteiger partial charge in [0.05, 0.1) is 13.7 Å². The predicted molar refractivity (Wildman–Crippen MR) is 117 cm³/mol. The molecular formula is C23H27ClN2O5. The highest BCUT2D eigenvalue weighted by atomic mass is 35.5. The van der Waals surface area contributed by atoms with Crippen LogP contribution in [0.4, 0.5) is 0 Å². The van der Waals surface area contributed by atoms with Gasteiger partial charge in [0, 0.05) is 31.2 Å². The van der Waals surface area contributed by atoms with E-state index in [1.54, 1.807) is 43.2 Å². The SMILES string of the molecule is CCOC(=O)C(c1ccc(Cl)cc1)N1CCN(C(=O)COc2ccccc2OC)CC1. The Morgan fingerprint density at radius 2 is 1.65 bits per heavy atom. The molecule has 31 heavy (non-hydrogen) atoms. The maximum atomic E-state index is 12.7. The van der Waals surface area contributed by atoms with E-state index in [-0.39, 0.29) is 18.5 Å². The third-order valence-corrected chi connectivity index (χ3v) is 5.40. The van der Waals surface area contributed by atoms with Crippen molar-refractivity contribution in [3.63, 3.8) is 0 Å². The van der Waals surface area contributed by atoms with Crippen molar-refractivity contribution >= 4 is 23.5 Å². The van der Waals surface area contributed by atoms with Gasteiger partial charge >= 0.3 is 5.97 Å². The number of esters is 1. The molecule has 166 valence electrons. The number of carbonyl (C=O) groups excluding carboxylic acids is 2. The van der Waals surface area contributed by atoms with E-state index in [9.17, 15) is 9.59 Å². The summed E-state index contributed by atoms with van der Waals surface area (Å²) in [5.74, 6) is 0.705. The minimum Gasteiger partial charge on any atom is -0.493 e. The van der Waals surface area contributed by atoms with Crippen molar-refractivity contribution in [3.8, 4) is 11.5 Å². The van der Waals surface area contributed by atoms with Crippen LogP contribution in [0.1, 0.15) is 18.5 Å². The molecule has 0 bridgehead atoms. The van der Waals surface area contributed by atoms with Gasteiger partial charge in [-0.2, -0.15) is 0 Å². The monoisotopic (exact) mass is 446 g/mol. The van der Waals surface area contributed by atoms with Crippen LogP contribution < -0.4 is 9.47 Å². The fourth-order valence-corrected chi connectivity index (χ4v) is 3.69. The summed E-state index contributed by atoms with van der Waals surface area (Å²) in [6.45, 7) is 4.11. The highest BCUT2D eigenvalue weighted by Gasteiger charge is 2.32. The maximum absolute atomic E-state index is 12.7. The van der Waals surface area contributed by atoms with Gasteiger partial charge in [-0.3, -0.25) is 9.69 Å². The molecular weight excluding hydrogens is 420 g/mol. The van der Waals surface area contributed by atoms with Gasteiger partial charge in [-0.05, 0) is 36.8 Å². The van der Waals surface area contributed by atoms with Crippen molar-refractivity contribution in [2.75, 3.05) is 46.5 Å². The summed E-state index contributed by atoms with van der Waals surface area (Å²) in [5, 5.41) is 0.608. The molecule has 1 amide bonds. The Bertz CT molecular complexity index is 882. The molecule has 0 spiro atoms. The highest BCUT2D eigenvalue weighted by molar-refractivity contribution is 6.30. The molecule has 1 fully saturated rings. The van der Waals surface area contributed by atoms with Crippen LogP contribution in [0.5, 0.6) is 11.5 Å².